The van der Waals surface area contributed by atoms with Crippen LogP contribution in [0.25, 0.3) is 6.08 Å². The molecule has 21 heavy (non-hydrogen) atoms. The van der Waals surface area contributed by atoms with Crippen LogP contribution in [-0.2, 0) is 4.79 Å². The summed E-state index contributed by atoms with van der Waals surface area (Å²) in [5.41, 5.74) is 1.35. The lowest BCUT2D eigenvalue weighted by Crippen LogP contribution is -2.33. The number of hydrogen-bond acceptors (Lipinski definition) is 3. The smallest absolute Gasteiger partial charge is 0.328 e. The van der Waals surface area contributed by atoms with E-state index in [-0.39, 0.29) is 5.91 Å². The van der Waals surface area contributed by atoms with E-state index in [1.807, 2.05) is 6.92 Å². The van der Waals surface area contributed by atoms with Crippen LogP contribution in [0.1, 0.15) is 34.8 Å². The van der Waals surface area contributed by atoms with E-state index in [0.29, 0.717) is 25.1 Å². The molecule has 1 fully saturated rings. The molecule has 5 heteroatoms. The molecule has 0 spiro atoms. The maximum absolute atomic E-state index is 12.4. The van der Waals surface area contributed by atoms with Crippen molar-refractivity contribution in [2.24, 2.45) is 0 Å². The van der Waals surface area contributed by atoms with Crippen LogP contribution in [0.4, 0.5) is 0 Å². The highest BCUT2D eigenvalue weighted by molar-refractivity contribution is 5.95. The number of rotatable bonds is 3. The van der Waals surface area contributed by atoms with Gasteiger partial charge in [0.15, 0.2) is 0 Å². The quantitative estimate of drug-likeness (QED) is 0.830. The van der Waals surface area contributed by atoms with Gasteiger partial charge in [-0.25, -0.2) is 4.79 Å². The number of nitrogens with zero attached hydrogens (tertiary/aromatic N) is 1. The molecular weight excluding hydrogens is 270 g/mol. The van der Waals surface area contributed by atoms with Crippen molar-refractivity contribution in [2.75, 3.05) is 13.1 Å². The third-order valence-electron chi connectivity index (χ3n) is 3.66. The highest BCUT2D eigenvalue weighted by Gasteiger charge is 2.34. The summed E-state index contributed by atoms with van der Waals surface area (Å²) < 4.78 is 0. The number of carbonyl (C=O) groups excluding carboxylic acids is 1. The number of likely N-dealkylation sites (tertiary alicyclic amines) is 1. The van der Waals surface area contributed by atoms with Crippen molar-refractivity contribution < 1.29 is 19.8 Å². The van der Waals surface area contributed by atoms with Crippen LogP contribution >= 0.6 is 0 Å². The van der Waals surface area contributed by atoms with Gasteiger partial charge in [0.1, 0.15) is 0 Å². The van der Waals surface area contributed by atoms with E-state index in [9.17, 15) is 14.7 Å². The van der Waals surface area contributed by atoms with Gasteiger partial charge < -0.3 is 15.1 Å². The summed E-state index contributed by atoms with van der Waals surface area (Å²) in [7, 11) is 0. The van der Waals surface area contributed by atoms with Gasteiger partial charge >= 0.3 is 5.97 Å². The first-order chi connectivity index (χ1) is 9.78. The molecule has 0 radical (unpaired) electrons. The summed E-state index contributed by atoms with van der Waals surface area (Å²) in [6, 6.07) is 5.16. The molecule has 0 aromatic heterocycles. The van der Waals surface area contributed by atoms with Crippen molar-refractivity contribution in [3.05, 3.63) is 41.0 Å². The first-order valence-electron chi connectivity index (χ1n) is 6.82. The number of benzene rings is 1. The minimum Gasteiger partial charge on any atom is -0.478 e. The Morgan fingerprint density at radius 3 is 2.62 bits per heavy atom. The molecule has 2 rings (SSSR count). The number of aliphatic carboxylic acids is 1. The normalized spacial score (nSPS) is 22.0. The average Bonchev–Trinajstić information content (AvgIpc) is 2.76. The molecule has 1 aromatic rings. The number of carboxylic acids is 1. The van der Waals surface area contributed by atoms with Gasteiger partial charge in [0.2, 0.25) is 0 Å². The predicted octanol–water partition coefficient (Wildman–Crippen LogP) is 1.69. The lowest BCUT2D eigenvalue weighted by molar-refractivity contribution is -0.131. The van der Waals surface area contributed by atoms with Crippen molar-refractivity contribution in [1.82, 2.24) is 4.90 Å². The monoisotopic (exact) mass is 289 g/mol. The standard InChI is InChI=1S/C16H19NO4/c1-11-9-13(4-3-12(11)5-6-14(18)19)15(20)17-8-7-16(2,21)10-17/h3-6,9,21H,7-8,10H2,1-2H3,(H,18,19)/b6-5+. The van der Waals surface area contributed by atoms with E-state index < -0.39 is 11.6 Å². The molecule has 1 aliphatic rings. The second-order valence-corrected chi connectivity index (χ2v) is 5.72. The molecule has 5 nitrogen and oxygen atoms in total. The van der Waals surface area contributed by atoms with Crippen LogP contribution in [0.3, 0.4) is 0 Å². The summed E-state index contributed by atoms with van der Waals surface area (Å²) in [5, 5.41) is 18.6. The van der Waals surface area contributed by atoms with Gasteiger partial charge in [0.05, 0.1) is 5.60 Å². The van der Waals surface area contributed by atoms with Gasteiger partial charge in [0, 0.05) is 24.7 Å². The fourth-order valence-electron chi connectivity index (χ4n) is 2.46. The van der Waals surface area contributed by atoms with Crippen LogP contribution < -0.4 is 0 Å². The number of aliphatic hydroxyl groups is 1. The van der Waals surface area contributed by atoms with Gasteiger partial charge in [-0.2, -0.15) is 0 Å². The SMILES string of the molecule is Cc1cc(C(=O)N2CCC(C)(O)C2)ccc1/C=C/C(=O)O. The van der Waals surface area contributed by atoms with Crippen LogP contribution in [0.5, 0.6) is 0 Å². The highest BCUT2D eigenvalue weighted by atomic mass is 16.4. The molecule has 2 N–H and O–H groups in total. The fraction of sp³-hybridized carbons (Fsp3) is 0.375. The predicted molar refractivity (Wildman–Crippen MR) is 79.0 cm³/mol. The van der Waals surface area contributed by atoms with Crippen LogP contribution in [-0.4, -0.2) is 45.7 Å². The number of aryl methyl sites for hydroxylation is 1. The van der Waals surface area contributed by atoms with Crippen molar-refractivity contribution in [3.63, 3.8) is 0 Å². The zero-order valence-corrected chi connectivity index (χ0v) is 12.2. The minimum absolute atomic E-state index is 0.107. The Hall–Kier alpha value is -2.14. The summed E-state index contributed by atoms with van der Waals surface area (Å²) in [5.74, 6) is -1.11. The lowest BCUT2D eigenvalue weighted by Gasteiger charge is -2.19. The van der Waals surface area contributed by atoms with Gasteiger partial charge in [-0.15, -0.1) is 0 Å². The molecule has 0 saturated carbocycles. The van der Waals surface area contributed by atoms with E-state index in [4.69, 9.17) is 5.11 Å². The second-order valence-electron chi connectivity index (χ2n) is 5.72. The first-order valence-corrected chi connectivity index (χ1v) is 6.82. The zero-order chi connectivity index (χ0) is 15.6. The highest BCUT2D eigenvalue weighted by Crippen LogP contribution is 2.23. The van der Waals surface area contributed by atoms with E-state index in [2.05, 4.69) is 0 Å². The van der Waals surface area contributed by atoms with Crippen LogP contribution in [0.2, 0.25) is 0 Å². The maximum atomic E-state index is 12.4. The molecular formula is C16H19NO4. The van der Waals surface area contributed by atoms with Crippen molar-refractivity contribution in [2.45, 2.75) is 25.9 Å². The maximum Gasteiger partial charge on any atom is 0.328 e. The molecule has 1 heterocycles. The third-order valence-corrected chi connectivity index (χ3v) is 3.66. The molecule has 112 valence electrons. The fourth-order valence-corrected chi connectivity index (χ4v) is 2.46. The van der Waals surface area contributed by atoms with Crippen molar-refractivity contribution >= 4 is 18.0 Å². The molecule has 1 saturated heterocycles. The van der Waals surface area contributed by atoms with E-state index in [1.165, 1.54) is 6.08 Å². The Balaban J connectivity index is 2.17. The molecule has 1 unspecified atom stereocenters. The Morgan fingerprint density at radius 2 is 2.10 bits per heavy atom. The minimum atomic E-state index is -1.01. The van der Waals surface area contributed by atoms with Crippen molar-refractivity contribution in [3.8, 4) is 0 Å². The summed E-state index contributed by atoms with van der Waals surface area (Å²) in [6.07, 6.45) is 3.16. The average molecular weight is 289 g/mol. The van der Waals surface area contributed by atoms with Gasteiger partial charge in [-0.1, -0.05) is 6.07 Å². The summed E-state index contributed by atoms with van der Waals surface area (Å²) in [6.45, 7) is 4.45. The van der Waals surface area contributed by atoms with E-state index in [1.54, 1.807) is 30.0 Å². The van der Waals surface area contributed by atoms with E-state index in [0.717, 1.165) is 17.2 Å². The molecule has 0 bridgehead atoms. The third kappa shape index (κ3) is 3.70. The largest absolute Gasteiger partial charge is 0.478 e. The lowest BCUT2D eigenvalue weighted by atomic mass is 10.0. The van der Waals surface area contributed by atoms with Gasteiger partial charge in [-0.3, -0.25) is 4.79 Å². The molecule has 0 aliphatic carbocycles. The molecule has 1 aliphatic heterocycles. The number of carbonyl (C=O) groups is 2. The molecule has 1 aromatic carbocycles. The topological polar surface area (TPSA) is 77.8 Å². The van der Waals surface area contributed by atoms with Gasteiger partial charge in [-0.05, 0) is 49.6 Å². The number of hydrogen-bond donors (Lipinski definition) is 2. The number of carboxylic acid groups (broad SMARTS) is 1. The summed E-state index contributed by atoms with van der Waals surface area (Å²) >= 11 is 0. The number of β-amino-alcohol motifs (C(OH)–C–C–N with tert-alkyl or cyclic N) is 1. The Bertz CT molecular complexity index is 604. The van der Waals surface area contributed by atoms with E-state index >= 15 is 0 Å². The van der Waals surface area contributed by atoms with Gasteiger partial charge in [0.25, 0.3) is 5.91 Å². The zero-order valence-electron chi connectivity index (χ0n) is 12.2. The summed E-state index contributed by atoms with van der Waals surface area (Å²) in [4.78, 5) is 24.5. The molecule has 1 atom stereocenters. The second kappa shape index (κ2) is 5.69. The van der Waals surface area contributed by atoms with Crippen LogP contribution in [0.15, 0.2) is 24.3 Å². The van der Waals surface area contributed by atoms with Crippen molar-refractivity contribution in [1.29, 1.82) is 0 Å². The Kier molecular flexibility index (Phi) is 4.14. The first kappa shape index (κ1) is 15.3. The number of amides is 1. The van der Waals surface area contributed by atoms with Crippen LogP contribution in [0, 0.1) is 6.92 Å². The Labute approximate surface area is 123 Å². The molecule has 1 amide bonds. The Morgan fingerprint density at radius 1 is 1.38 bits per heavy atom.